The summed E-state index contributed by atoms with van der Waals surface area (Å²) in [5, 5.41) is 0. The fourth-order valence-electron chi connectivity index (χ4n) is 0.515. The lowest BCUT2D eigenvalue weighted by molar-refractivity contribution is 1.26. The molecule has 0 unspecified atom stereocenters. The van der Waals surface area contributed by atoms with Crippen LogP contribution in [-0.4, -0.2) is 4.98 Å². The highest BCUT2D eigenvalue weighted by Crippen LogP contribution is 2.14. The van der Waals surface area contributed by atoms with Crippen molar-refractivity contribution in [2.45, 2.75) is 6.92 Å². The summed E-state index contributed by atoms with van der Waals surface area (Å²) in [4.78, 5) is 3.91. The average molecular weight is 234 g/mol. The number of anilines is 1. The molecule has 0 aromatic carbocycles. The molecule has 0 saturated carbocycles. The van der Waals surface area contributed by atoms with Crippen molar-refractivity contribution >= 4 is 28.3 Å². The zero-order valence-electron chi connectivity index (χ0n) is 5.06. The largest absolute Gasteiger partial charge is 0.397 e. The first-order valence-electron chi connectivity index (χ1n) is 2.57. The van der Waals surface area contributed by atoms with E-state index >= 15 is 0 Å². The van der Waals surface area contributed by atoms with E-state index in [4.69, 9.17) is 5.73 Å². The maximum absolute atomic E-state index is 5.55. The molecule has 1 aromatic rings. The van der Waals surface area contributed by atoms with Crippen LogP contribution in [0.5, 0.6) is 0 Å². The van der Waals surface area contributed by atoms with Crippen LogP contribution in [0.15, 0.2) is 12.4 Å². The highest BCUT2D eigenvalue weighted by atomic mass is 127. The second-order valence-electron chi connectivity index (χ2n) is 1.84. The van der Waals surface area contributed by atoms with Crippen LogP contribution in [0.3, 0.4) is 0 Å². The smallest absolute Gasteiger partial charge is 0.0540 e. The first kappa shape index (κ1) is 6.80. The maximum atomic E-state index is 5.55. The van der Waals surface area contributed by atoms with Crippen LogP contribution < -0.4 is 5.73 Å². The summed E-state index contributed by atoms with van der Waals surface area (Å²) in [5.41, 5.74) is 7.44. The first-order chi connectivity index (χ1) is 4.22. The van der Waals surface area contributed by atoms with Crippen molar-refractivity contribution in [1.82, 2.24) is 4.98 Å². The normalized spacial score (nSPS) is 9.56. The monoisotopic (exact) mass is 234 g/mol. The fraction of sp³-hybridized carbons (Fsp3) is 0.167. The lowest BCUT2D eigenvalue weighted by atomic mass is 10.3. The van der Waals surface area contributed by atoms with Crippen molar-refractivity contribution < 1.29 is 0 Å². The van der Waals surface area contributed by atoms with E-state index in [2.05, 4.69) is 27.6 Å². The Kier molecular flexibility index (Phi) is 1.90. The number of nitrogen functional groups attached to an aromatic ring is 1. The molecule has 1 rings (SSSR count). The summed E-state index contributed by atoms with van der Waals surface area (Å²) in [6.45, 7) is 1.98. The van der Waals surface area contributed by atoms with Crippen molar-refractivity contribution in [3.63, 3.8) is 0 Å². The predicted molar refractivity (Wildman–Crippen MR) is 46.1 cm³/mol. The van der Waals surface area contributed by atoms with Crippen LogP contribution in [0.25, 0.3) is 0 Å². The van der Waals surface area contributed by atoms with E-state index in [-0.39, 0.29) is 0 Å². The number of pyridine rings is 1. The van der Waals surface area contributed by atoms with E-state index in [0.717, 1.165) is 14.8 Å². The fourth-order valence-corrected chi connectivity index (χ4v) is 0.987. The summed E-state index contributed by atoms with van der Waals surface area (Å²) in [7, 11) is 0. The second kappa shape index (κ2) is 2.51. The summed E-state index contributed by atoms with van der Waals surface area (Å²) >= 11 is 2.21. The van der Waals surface area contributed by atoms with Gasteiger partial charge in [-0.15, -0.1) is 0 Å². The predicted octanol–water partition coefficient (Wildman–Crippen LogP) is 1.58. The molecule has 2 N–H and O–H groups in total. The van der Waals surface area contributed by atoms with Gasteiger partial charge in [0.2, 0.25) is 0 Å². The molecule has 3 heteroatoms. The summed E-state index contributed by atoms with van der Waals surface area (Å²) in [5.74, 6) is 0. The Labute approximate surface area is 67.6 Å². The Balaban J connectivity index is 3.25. The van der Waals surface area contributed by atoms with Gasteiger partial charge in [-0.2, -0.15) is 0 Å². The van der Waals surface area contributed by atoms with Crippen LogP contribution in [0.4, 0.5) is 5.69 Å². The van der Waals surface area contributed by atoms with E-state index in [1.165, 1.54) is 0 Å². The van der Waals surface area contributed by atoms with Gasteiger partial charge in [0, 0.05) is 9.77 Å². The van der Waals surface area contributed by atoms with Crippen molar-refractivity contribution in [2.24, 2.45) is 0 Å². The van der Waals surface area contributed by atoms with Gasteiger partial charge in [-0.25, -0.2) is 0 Å². The molecule has 1 aromatic heterocycles. The third-order valence-corrected chi connectivity index (χ3v) is 2.28. The van der Waals surface area contributed by atoms with E-state index in [0.29, 0.717) is 0 Å². The molecule has 9 heavy (non-hydrogen) atoms. The topological polar surface area (TPSA) is 38.9 Å². The van der Waals surface area contributed by atoms with Crippen molar-refractivity contribution in [3.05, 3.63) is 21.5 Å². The molecule has 0 aliphatic rings. The highest BCUT2D eigenvalue weighted by Gasteiger charge is 1.95. The van der Waals surface area contributed by atoms with Gasteiger partial charge in [-0.1, -0.05) is 0 Å². The van der Waals surface area contributed by atoms with E-state index in [1.807, 2.05) is 6.92 Å². The standard InChI is InChI=1S/C6H7IN2/c1-4-5(7)2-9-3-6(4)8/h2-3H,8H2,1H3. The van der Waals surface area contributed by atoms with Gasteiger partial charge in [-0.3, -0.25) is 4.98 Å². The first-order valence-corrected chi connectivity index (χ1v) is 3.65. The van der Waals surface area contributed by atoms with Gasteiger partial charge >= 0.3 is 0 Å². The van der Waals surface area contributed by atoms with E-state index < -0.39 is 0 Å². The number of hydrogen-bond donors (Lipinski definition) is 1. The van der Waals surface area contributed by atoms with E-state index in [1.54, 1.807) is 12.4 Å². The van der Waals surface area contributed by atoms with Gasteiger partial charge in [0.1, 0.15) is 0 Å². The molecule has 0 radical (unpaired) electrons. The molecular formula is C6H7IN2. The molecular weight excluding hydrogens is 227 g/mol. The zero-order chi connectivity index (χ0) is 6.85. The minimum atomic E-state index is 0.766. The minimum Gasteiger partial charge on any atom is -0.397 e. The van der Waals surface area contributed by atoms with Crippen LogP contribution in [0.1, 0.15) is 5.56 Å². The van der Waals surface area contributed by atoms with Gasteiger partial charge in [0.15, 0.2) is 0 Å². The number of hydrogen-bond acceptors (Lipinski definition) is 2. The average Bonchev–Trinajstić information content (AvgIpc) is 1.83. The molecule has 48 valence electrons. The third kappa shape index (κ3) is 1.32. The highest BCUT2D eigenvalue weighted by molar-refractivity contribution is 14.1. The number of nitrogens with zero attached hydrogens (tertiary/aromatic N) is 1. The van der Waals surface area contributed by atoms with Gasteiger partial charge < -0.3 is 5.73 Å². The minimum absolute atomic E-state index is 0.766. The van der Waals surface area contributed by atoms with Crippen LogP contribution in [-0.2, 0) is 0 Å². The SMILES string of the molecule is Cc1c(N)cncc1I. The summed E-state index contributed by atoms with van der Waals surface area (Å²) in [6.07, 6.45) is 3.46. The summed E-state index contributed by atoms with van der Waals surface area (Å²) in [6, 6.07) is 0. The van der Waals surface area contributed by atoms with Crippen LogP contribution in [0, 0.1) is 10.5 Å². The molecule has 0 atom stereocenters. The van der Waals surface area contributed by atoms with Gasteiger partial charge in [0.25, 0.3) is 0 Å². The lowest BCUT2D eigenvalue weighted by Crippen LogP contribution is -1.92. The summed E-state index contributed by atoms with van der Waals surface area (Å²) < 4.78 is 1.12. The zero-order valence-corrected chi connectivity index (χ0v) is 7.21. The number of aromatic nitrogens is 1. The number of halogens is 1. The van der Waals surface area contributed by atoms with Crippen LogP contribution in [0.2, 0.25) is 0 Å². The molecule has 0 bridgehead atoms. The maximum Gasteiger partial charge on any atom is 0.0540 e. The second-order valence-corrected chi connectivity index (χ2v) is 3.00. The number of rotatable bonds is 0. The van der Waals surface area contributed by atoms with Crippen molar-refractivity contribution in [1.29, 1.82) is 0 Å². The van der Waals surface area contributed by atoms with Crippen LogP contribution >= 0.6 is 22.6 Å². The molecule has 0 saturated heterocycles. The quantitative estimate of drug-likeness (QED) is 0.692. The van der Waals surface area contributed by atoms with Gasteiger partial charge in [-0.05, 0) is 35.1 Å². The molecule has 0 spiro atoms. The lowest BCUT2D eigenvalue weighted by Gasteiger charge is -1.98. The Bertz CT molecular complexity index is 202. The molecule has 1 heterocycles. The molecule has 0 aliphatic carbocycles. The Morgan fingerprint density at radius 1 is 1.56 bits per heavy atom. The van der Waals surface area contributed by atoms with Gasteiger partial charge in [0.05, 0.1) is 11.9 Å². The van der Waals surface area contributed by atoms with Crippen molar-refractivity contribution in [3.8, 4) is 0 Å². The molecule has 0 aliphatic heterocycles. The Hall–Kier alpha value is -0.320. The van der Waals surface area contributed by atoms with E-state index in [9.17, 15) is 0 Å². The van der Waals surface area contributed by atoms with Crippen molar-refractivity contribution in [2.75, 3.05) is 5.73 Å². The molecule has 2 nitrogen and oxygen atoms in total. The number of nitrogens with two attached hydrogens (primary N) is 1. The molecule has 0 amide bonds. The Morgan fingerprint density at radius 3 is 2.67 bits per heavy atom. The Morgan fingerprint density at radius 2 is 2.22 bits per heavy atom. The third-order valence-electron chi connectivity index (χ3n) is 1.19. The molecule has 0 fully saturated rings.